The van der Waals surface area contributed by atoms with Crippen molar-refractivity contribution in [3.8, 4) is 0 Å². The van der Waals surface area contributed by atoms with Crippen LogP contribution in [0.5, 0.6) is 0 Å². The first-order valence-corrected chi connectivity index (χ1v) is 7.52. The normalized spacial score (nSPS) is 18.1. The summed E-state index contributed by atoms with van der Waals surface area (Å²) in [6.07, 6.45) is 4.87. The lowest BCUT2D eigenvalue weighted by Gasteiger charge is -2.28. The second-order valence-electron chi connectivity index (χ2n) is 5.03. The summed E-state index contributed by atoms with van der Waals surface area (Å²) < 4.78 is 3.84. The smallest absolute Gasteiger partial charge is 0.265 e. The van der Waals surface area contributed by atoms with E-state index in [2.05, 4.69) is 20.1 Å². The van der Waals surface area contributed by atoms with Crippen molar-refractivity contribution in [2.45, 2.75) is 51.0 Å². The molecule has 0 radical (unpaired) electrons. The molecule has 1 amide bonds. The summed E-state index contributed by atoms with van der Waals surface area (Å²) in [5, 5.41) is 18.9. The van der Waals surface area contributed by atoms with Gasteiger partial charge in [0, 0.05) is 0 Å². The molecule has 20 heavy (non-hydrogen) atoms. The Kier molecular flexibility index (Phi) is 4.53. The van der Waals surface area contributed by atoms with Gasteiger partial charge in [-0.05, 0) is 30.8 Å². The highest BCUT2D eigenvalue weighted by Crippen LogP contribution is 2.30. The van der Waals surface area contributed by atoms with Crippen LogP contribution in [0.4, 0.5) is 0 Å². The van der Waals surface area contributed by atoms with Gasteiger partial charge >= 0.3 is 0 Å². The van der Waals surface area contributed by atoms with E-state index < -0.39 is 5.54 Å². The first-order valence-electron chi connectivity index (χ1n) is 6.74. The minimum absolute atomic E-state index is 0.0675. The lowest BCUT2D eigenvalue weighted by molar-refractivity contribution is 0.0925. The minimum atomic E-state index is -0.737. The fourth-order valence-corrected chi connectivity index (χ4v) is 3.18. The molecule has 0 atom stereocenters. The van der Waals surface area contributed by atoms with E-state index in [9.17, 15) is 4.79 Å². The lowest BCUT2D eigenvalue weighted by Crippen LogP contribution is -2.55. The molecule has 0 spiro atoms. The maximum Gasteiger partial charge on any atom is 0.265 e. The molecule has 0 aromatic carbocycles. The molecule has 0 aliphatic heterocycles. The van der Waals surface area contributed by atoms with E-state index >= 15 is 0 Å². The van der Waals surface area contributed by atoms with Gasteiger partial charge in [0.05, 0.1) is 5.69 Å². The Balaban J connectivity index is 2.19. The van der Waals surface area contributed by atoms with Gasteiger partial charge < -0.3 is 16.3 Å². The fourth-order valence-electron chi connectivity index (χ4n) is 2.57. The van der Waals surface area contributed by atoms with Crippen LogP contribution in [0.25, 0.3) is 0 Å². The number of hydrogen-bond donors (Lipinski definition) is 3. The molecule has 0 unspecified atom stereocenters. The quantitative estimate of drug-likeness (QED) is 0.328. The van der Waals surface area contributed by atoms with Crippen molar-refractivity contribution < 1.29 is 10.0 Å². The van der Waals surface area contributed by atoms with Crippen molar-refractivity contribution in [3.05, 3.63) is 10.6 Å². The molecule has 1 aromatic heterocycles. The summed E-state index contributed by atoms with van der Waals surface area (Å²) in [5.74, 6) is -0.171. The average molecular weight is 297 g/mol. The van der Waals surface area contributed by atoms with Gasteiger partial charge in [-0.25, -0.2) is 0 Å². The van der Waals surface area contributed by atoms with Gasteiger partial charge in [0.2, 0.25) is 0 Å². The van der Waals surface area contributed by atoms with Crippen LogP contribution in [0.3, 0.4) is 0 Å². The Morgan fingerprint density at radius 1 is 1.55 bits per heavy atom. The molecule has 2 rings (SSSR count). The number of aryl methyl sites for hydroxylation is 1. The molecule has 1 heterocycles. The van der Waals surface area contributed by atoms with Gasteiger partial charge in [-0.3, -0.25) is 4.79 Å². The largest absolute Gasteiger partial charge is 0.409 e. The maximum absolute atomic E-state index is 12.4. The van der Waals surface area contributed by atoms with E-state index in [0.29, 0.717) is 23.4 Å². The third-order valence-corrected chi connectivity index (χ3v) is 4.42. The zero-order valence-electron chi connectivity index (χ0n) is 11.4. The molecular weight excluding hydrogens is 278 g/mol. The lowest BCUT2D eigenvalue weighted by atomic mass is 9.96. The van der Waals surface area contributed by atoms with Gasteiger partial charge in [0.15, 0.2) is 5.84 Å². The summed E-state index contributed by atoms with van der Waals surface area (Å²) in [5.41, 5.74) is 5.74. The molecule has 7 nitrogen and oxygen atoms in total. The van der Waals surface area contributed by atoms with Crippen LogP contribution >= 0.6 is 11.5 Å². The van der Waals surface area contributed by atoms with Crippen molar-refractivity contribution in [1.29, 1.82) is 0 Å². The zero-order chi connectivity index (χ0) is 14.6. The van der Waals surface area contributed by atoms with E-state index in [1.165, 1.54) is 0 Å². The van der Waals surface area contributed by atoms with Crippen molar-refractivity contribution in [1.82, 2.24) is 14.9 Å². The Bertz CT molecular complexity index is 508. The van der Waals surface area contributed by atoms with Crippen molar-refractivity contribution in [2.24, 2.45) is 10.9 Å². The fraction of sp³-hybridized carbons (Fsp3) is 0.667. The van der Waals surface area contributed by atoms with Crippen molar-refractivity contribution >= 4 is 23.3 Å². The monoisotopic (exact) mass is 297 g/mol. The molecule has 1 aliphatic rings. The number of nitrogens with one attached hydrogen (secondary N) is 1. The first-order chi connectivity index (χ1) is 9.63. The highest BCUT2D eigenvalue weighted by atomic mass is 32.1. The van der Waals surface area contributed by atoms with E-state index in [0.717, 1.165) is 37.2 Å². The van der Waals surface area contributed by atoms with Gasteiger partial charge in [-0.1, -0.05) is 35.8 Å². The summed E-state index contributed by atoms with van der Waals surface area (Å²) >= 11 is 1.08. The van der Waals surface area contributed by atoms with E-state index in [-0.39, 0.29) is 11.7 Å². The molecule has 1 aromatic rings. The molecule has 1 fully saturated rings. The summed E-state index contributed by atoms with van der Waals surface area (Å²) in [7, 11) is 0. The van der Waals surface area contributed by atoms with Gasteiger partial charge in [-0.15, -0.1) is 5.10 Å². The van der Waals surface area contributed by atoms with Gasteiger partial charge in [-0.2, -0.15) is 0 Å². The van der Waals surface area contributed by atoms with E-state index in [1.807, 2.05) is 6.92 Å². The first kappa shape index (κ1) is 14.7. The third kappa shape index (κ3) is 2.74. The SMILES string of the molecule is CCCc1nnsc1C(=O)NC1(C(N)=NO)CCCC1. The number of aromatic nitrogens is 2. The van der Waals surface area contributed by atoms with Crippen LogP contribution in [-0.2, 0) is 6.42 Å². The minimum Gasteiger partial charge on any atom is -0.409 e. The van der Waals surface area contributed by atoms with Crippen molar-refractivity contribution in [2.75, 3.05) is 0 Å². The summed E-state index contributed by atoms with van der Waals surface area (Å²) in [6.45, 7) is 2.02. The van der Waals surface area contributed by atoms with Crippen LogP contribution < -0.4 is 11.1 Å². The topological polar surface area (TPSA) is 113 Å². The average Bonchev–Trinajstić information content (AvgIpc) is 3.08. The van der Waals surface area contributed by atoms with Crippen LogP contribution in [0, 0.1) is 0 Å². The Morgan fingerprint density at radius 2 is 2.25 bits per heavy atom. The Hall–Kier alpha value is -1.70. The predicted octanol–water partition coefficient (Wildman–Crippen LogP) is 1.28. The highest BCUT2D eigenvalue weighted by molar-refractivity contribution is 7.08. The van der Waals surface area contributed by atoms with E-state index in [1.54, 1.807) is 0 Å². The molecule has 110 valence electrons. The van der Waals surface area contributed by atoms with Crippen LogP contribution in [0.15, 0.2) is 5.16 Å². The van der Waals surface area contributed by atoms with Crippen LogP contribution in [-0.4, -0.2) is 32.1 Å². The molecule has 4 N–H and O–H groups in total. The van der Waals surface area contributed by atoms with E-state index in [4.69, 9.17) is 10.9 Å². The molecular formula is C12H19N5O2S. The summed E-state index contributed by atoms with van der Waals surface area (Å²) in [6, 6.07) is 0. The Labute approximate surface area is 121 Å². The highest BCUT2D eigenvalue weighted by Gasteiger charge is 2.40. The molecule has 0 bridgehead atoms. The number of rotatable bonds is 5. The van der Waals surface area contributed by atoms with Crippen LogP contribution in [0.1, 0.15) is 54.4 Å². The molecule has 1 saturated carbocycles. The third-order valence-electron chi connectivity index (χ3n) is 3.66. The second-order valence-corrected chi connectivity index (χ2v) is 5.78. The zero-order valence-corrected chi connectivity index (χ0v) is 12.2. The second kappa shape index (κ2) is 6.17. The van der Waals surface area contributed by atoms with Gasteiger partial charge in [0.1, 0.15) is 10.4 Å². The maximum atomic E-state index is 12.4. The number of nitrogens with two attached hydrogens (primary N) is 1. The predicted molar refractivity (Wildman–Crippen MR) is 76.0 cm³/mol. The van der Waals surface area contributed by atoms with Crippen molar-refractivity contribution in [3.63, 3.8) is 0 Å². The van der Waals surface area contributed by atoms with Crippen LogP contribution in [0.2, 0.25) is 0 Å². The standard InChI is InChI=1S/C12H19N5O2S/c1-2-5-8-9(20-17-15-8)10(18)14-12(11(13)16-19)6-3-4-7-12/h19H,2-7H2,1H3,(H2,13,16)(H,14,18). The number of carbonyl (C=O) groups is 1. The summed E-state index contributed by atoms with van der Waals surface area (Å²) in [4.78, 5) is 12.9. The molecule has 8 heteroatoms. The van der Waals surface area contributed by atoms with Gasteiger partial charge in [0.25, 0.3) is 5.91 Å². The molecule has 0 saturated heterocycles. The Morgan fingerprint density at radius 3 is 2.85 bits per heavy atom. The molecule has 1 aliphatic carbocycles. The number of amides is 1. The number of nitrogens with zero attached hydrogens (tertiary/aromatic N) is 3. The number of amidine groups is 1. The number of carbonyl (C=O) groups excluding carboxylic acids is 1. The number of hydrogen-bond acceptors (Lipinski definition) is 6. The number of oxime groups is 1.